The van der Waals surface area contributed by atoms with Crippen LogP contribution in [0.3, 0.4) is 0 Å². The molecule has 2 nitrogen and oxygen atoms in total. The van der Waals surface area contributed by atoms with Crippen molar-refractivity contribution in [2.24, 2.45) is 50.2 Å². The van der Waals surface area contributed by atoms with E-state index in [1.54, 1.807) is 5.57 Å². The summed E-state index contributed by atoms with van der Waals surface area (Å²) in [5.41, 5.74) is 3.59. The van der Waals surface area contributed by atoms with Gasteiger partial charge in [-0.2, -0.15) is 0 Å². The Morgan fingerprint density at radius 2 is 1.61 bits per heavy atom. The van der Waals surface area contributed by atoms with E-state index in [-0.39, 0.29) is 33.2 Å². The average molecular weight is 453 g/mol. The number of hydrogen-bond donors (Lipinski definition) is 1. The van der Waals surface area contributed by atoms with Gasteiger partial charge in [0.2, 0.25) is 0 Å². The van der Waals surface area contributed by atoms with Crippen LogP contribution in [0.1, 0.15) is 106 Å². The lowest BCUT2D eigenvalue weighted by Gasteiger charge is -2.71. The molecule has 0 saturated heterocycles. The quantitative estimate of drug-likeness (QED) is 0.418. The van der Waals surface area contributed by atoms with E-state index in [0.717, 1.165) is 25.7 Å². The summed E-state index contributed by atoms with van der Waals surface area (Å²) in [6.07, 6.45) is 13.8. The fourth-order valence-electron chi connectivity index (χ4n) is 10.5. The predicted octanol–water partition coefficient (Wildman–Crippen LogP) is 7.51. The molecule has 184 valence electrons. The number of aliphatic hydroxyl groups is 1. The van der Waals surface area contributed by atoms with Crippen molar-refractivity contribution in [3.63, 3.8) is 0 Å². The average Bonchev–Trinajstić information content (AvgIpc) is 2.74. The summed E-state index contributed by atoms with van der Waals surface area (Å²) < 4.78 is 0. The maximum absolute atomic E-state index is 12.1. The maximum Gasteiger partial charge on any atom is 0.125 e. The minimum absolute atomic E-state index is 0.0419. The van der Waals surface area contributed by atoms with Gasteiger partial charge in [0.05, 0.1) is 6.10 Å². The van der Waals surface area contributed by atoms with E-state index in [9.17, 15) is 9.90 Å². The van der Waals surface area contributed by atoms with E-state index in [1.807, 2.05) is 0 Å². The first-order valence-corrected chi connectivity index (χ1v) is 13.7. The van der Waals surface area contributed by atoms with Crippen molar-refractivity contribution in [3.05, 3.63) is 23.8 Å². The molecule has 5 aliphatic rings. The minimum Gasteiger partial charge on any atom is -0.393 e. The number of aldehydes is 1. The van der Waals surface area contributed by atoms with Crippen molar-refractivity contribution in [1.82, 2.24) is 0 Å². The highest BCUT2D eigenvalue weighted by molar-refractivity contribution is 5.59. The van der Waals surface area contributed by atoms with Crippen LogP contribution in [0.4, 0.5) is 0 Å². The predicted molar refractivity (Wildman–Crippen MR) is 136 cm³/mol. The molecule has 1 N–H and O–H groups in total. The molecule has 4 fully saturated rings. The Hall–Kier alpha value is -0.890. The van der Waals surface area contributed by atoms with Crippen LogP contribution in [-0.4, -0.2) is 17.5 Å². The van der Waals surface area contributed by atoms with E-state index in [4.69, 9.17) is 6.58 Å². The number of allylic oxidation sites excluding steroid dienone is 3. The fraction of sp³-hybridized carbons (Fsp3) is 0.839. The van der Waals surface area contributed by atoms with Gasteiger partial charge < -0.3 is 9.90 Å². The number of fused-ring (bicyclic) bond motifs is 7. The first kappa shape index (κ1) is 23.8. The summed E-state index contributed by atoms with van der Waals surface area (Å²) in [7, 11) is 0. The zero-order chi connectivity index (χ0) is 24.2. The molecule has 4 saturated carbocycles. The van der Waals surface area contributed by atoms with E-state index < -0.39 is 0 Å². The highest BCUT2D eigenvalue weighted by Gasteiger charge is 2.68. The minimum atomic E-state index is -0.197. The Morgan fingerprint density at radius 1 is 0.939 bits per heavy atom. The van der Waals surface area contributed by atoms with Gasteiger partial charge in [0.1, 0.15) is 6.29 Å². The van der Waals surface area contributed by atoms with Gasteiger partial charge in [0.15, 0.2) is 0 Å². The number of carbonyl (C=O) groups is 1. The smallest absolute Gasteiger partial charge is 0.125 e. The van der Waals surface area contributed by atoms with Gasteiger partial charge in [-0.1, -0.05) is 72.3 Å². The first-order valence-electron chi connectivity index (χ1n) is 13.7. The van der Waals surface area contributed by atoms with Gasteiger partial charge in [-0.25, -0.2) is 0 Å². The van der Waals surface area contributed by atoms with Crippen LogP contribution in [-0.2, 0) is 4.79 Å². The van der Waals surface area contributed by atoms with E-state index in [2.05, 4.69) is 54.5 Å². The summed E-state index contributed by atoms with van der Waals surface area (Å²) in [4.78, 5) is 12.1. The Labute approximate surface area is 202 Å². The van der Waals surface area contributed by atoms with Crippen LogP contribution >= 0.6 is 0 Å². The zero-order valence-corrected chi connectivity index (χ0v) is 22.4. The molecule has 6 unspecified atom stereocenters. The summed E-state index contributed by atoms with van der Waals surface area (Å²) >= 11 is 0. The summed E-state index contributed by atoms with van der Waals surface area (Å²) in [6.45, 7) is 21.8. The number of rotatable bonds is 1. The highest BCUT2D eigenvalue weighted by Crippen LogP contribution is 2.76. The SMILES string of the molecule is C=C1C=C2C3C[C@@](C)(C=O)CCC3(C)CC[C@@]2(C)C2(C)CCC3C(C)(C)C(O)CCC3(C)[C@@H]12. The largest absolute Gasteiger partial charge is 0.393 e. The Morgan fingerprint density at radius 3 is 2.27 bits per heavy atom. The highest BCUT2D eigenvalue weighted by atomic mass is 16.3. The van der Waals surface area contributed by atoms with Crippen LogP contribution in [0.25, 0.3) is 0 Å². The molecule has 0 aromatic heterocycles. The molecule has 5 aliphatic carbocycles. The van der Waals surface area contributed by atoms with Gasteiger partial charge in [-0.05, 0) is 103 Å². The lowest BCUT2D eigenvalue weighted by Crippen LogP contribution is -2.64. The lowest BCUT2D eigenvalue weighted by molar-refractivity contribution is -0.190. The second-order valence-electron chi connectivity index (χ2n) is 15.0. The molecule has 0 aromatic carbocycles. The van der Waals surface area contributed by atoms with Crippen molar-refractivity contribution < 1.29 is 9.90 Å². The molecule has 0 heterocycles. The van der Waals surface area contributed by atoms with E-state index >= 15 is 0 Å². The zero-order valence-electron chi connectivity index (χ0n) is 22.4. The molecule has 33 heavy (non-hydrogen) atoms. The summed E-state index contributed by atoms with van der Waals surface area (Å²) in [5, 5.41) is 10.9. The third kappa shape index (κ3) is 2.85. The number of hydrogen-bond acceptors (Lipinski definition) is 2. The first-order chi connectivity index (χ1) is 15.2. The molecule has 0 radical (unpaired) electrons. The molecule has 0 spiro atoms. The second kappa shape index (κ2) is 6.86. The third-order valence-electron chi connectivity index (χ3n) is 13.0. The molecular formula is C31H48O2. The van der Waals surface area contributed by atoms with Crippen LogP contribution < -0.4 is 0 Å². The van der Waals surface area contributed by atoms with Gasteiger partial charge in [-0.15, -0.1) is 0 Å². The van der Waals surface area contributed by atoms with E-state index in [0.29, 0.717) is 23.2 Å². The Kier molecular flexibility index (Phi) is 4.96. The van der Waals surface area contributed by atoms with Gasteiger partial charge in [0.25, 0.3) is 0 Å². The van der Waals surface area contributed by atoms with Gasteiger partial charge in [-0.3, -0.25) is 0 Å². The molecule has 0 amide bonds. The molecule has 0 aromatic rings. The van der Waals surface area contributed by atoms with Crippen LogP contribution in [0.15, 0.2) is 23.8 Å². The second-order valence-corrected chi connectivity index (χ2v) is 15.0. The van der Waals surface area contributed by atoms with Crippen molar-refractivity contribution in [3.8, 4) is 0 Å². The topological polar surface area (TPSA) is 37.3 Å². The molecule has 2 heteroatoms. The number of aliphatic hydroxyl groups excluding tert-OH is 1. The summed E-state index contributed by atoms with van der Waals surface area (Å²) in [5.74, 6) is 1.49. The molecule has 9 atom stereocenters. The molecule has 0 bridgehead atoms. The Balaban J connectivity index is 1.63. The van der Waals surface area contributed by atoms with Crippen LogP contribution in [0.5, 0.6) is 0 Å². The van der Waals surface area contributed by atoms with Crippen molar-refractivity contribution in [2.45, 2.75) is 112 Å². The standard InChI is InChI=1S/C31H48O2/c1-20-17-21-22-18-27(4,19-32)13-14-28(22,5)15-16-30(21,7)31(8)12-9-23-26(2,3)24(33)10-11-29(23,6)25(20)31/h17,19,22-25,33H,1,9-16,18H2,2-8H3/t22?,23?,24?,25-,27+,28?,29?,30-,31?/m1/s1. The van der Waals surface area contributed by atoms with Crippen molar-refractivity contribution >= 4 is 6.29 Å². The van der Waals surface area contributed by atoms with Gasteiger partial charge in [0, 0.05) is 5.41 Å². The van der Waals surface area contributed by atoms with Crippen molar-refractivity contribution in [2.75, 3.05) is 0 Å². The fourth-order valence-corrected chi connectivity index (χ4v) is 10.5. The van der Waals surface area contributed by atoms with Crippen LogP contribution in [0.2, 0.25) is 0 Å². The van der Waals surface area contributed by atoms with Crippen molar-refractivity contribution in [1.29, 1.82) is 0 Å². The summed E-state index contributed by atoms with van der Waals surface area (Å²) in [6, 6.07) is 0. The molecular weight excluding hydrogens is 404 g/mol. The van der Waals surface area contributed by atoms with E-state index in [1.165, 1.54) is 44.0 Å². The van der Waals surface area contributed by atoms with Crippen LogP contribution in [0, 0.1) is 50.2 Å². The maximum atomic E-state index is 12.1. The monoisotopic (exact) mass is 452 g/mol. The van der Waals surface area contributed by atoms with Gasteiger partial charge >= 0.3 is 0 Å². The molecule has 0 aliphatic heterocycles. The Bertz CT molecular complexity index is 914. The lowest BCUT2D eigenvalue weighted by atomic mass is 9.33. The number of carbonyl (C=O) groups excluding carboxylic acids is 1. The molecule has 5 rings (SSSR count). The normalized spacial score (nSPS) is 55.4. The third-order valence-corrected chi connectivity index (χ3v) is 13.0.